The van der Waals surface area contributed by atoms with Gasteiger partial charge in [-0.25, -0.2) is 0 Å². The van der Waals surface area contributed by atoms with Crippen molar-refractivity contribution in [2.75, 3.05) is 12.0 Å². The zero-order valence-electron chi connectivity index (χ0n) is 18.2. The van der Waals surface area contributed by atoms with Crippen LogP contribution < -0.4 is 19.7 Å². The van der Waals surface area contributed by atoms with Crippen LogP contribution in [0.3, 0.4) is 0 Å². The second-order valence-electron chi connectivity index (χ2n) is 7.35. The molecule has 0 saturated carbocycles. The maximum Gasteiger partial charge on any atom is 0.270 e. The number of hydrogen-bond donors (Lipinski definition) is 1. The third-order valence-electron chi connectivity index (χ3n) is 5.08. The van der Waals surface area contributed by atoms with Crippen molar-refractivity contribution in [1.82, 2.24) is 5.32 Å². The molecule has 10 heteroatoms. The molecule has 6 nitrogen and oxygen atoms in total. The van der Waals surface area contributed by atoms with E-state index in [1.54, 1.807) is 42.5 Å². The first-order chi connectivity index (χ1) is 16.8. The van der Waals surface area contributed by atoms with E-state index in [4.69, 9.17) is 44.9 Å². The molecule has 178 valence electrons. The molecule has 0 atom stereocenters. The Morgan fingerprint density at radius 2 is 1.80 bits per heavy atom. The molecule has 3 aromatic rings. The summed E-state index contributed by atoms with van der Waals surface area (Å²) in [5.74, 6) is -0.157. The lowest BCUT2D eigenvalue weighted by Crippen LogP contribution is -2.54. The van der Waals surface area contributed by atoms with Crippen LogP contribution in [0.1, 0.15) is 11.1 Å². The van der Waals surface area contributed by atoms with E-state index in [9.17, 15) is 9.59 Å². The Bertz CT molecular complexity index is 1360. The topological polar surface area (TPSA) is 67.9 Å². The molecule has 1 aliphatic rings. The number of anilines is 1. The van der Waals surface area contributed by atoms with Crippen LogP contribution in [0.25, 0.3) is 6.08 Å². The SMILES string of the molecule is COc1cc(/C=C2\C(=O)NC(=S)N(c3ccc(Cl)cc3)C2=O)cc(I)c1OCc1ccccc1Cl. The Morgan fingerprint density at radius 1 is 1.09 bits per heavy atom. The van der Waals surface area contributed by atoms with Gasteiger partial charge in [0.15, 0.2) is 16.6 Å². The van der Waals surface area contributed by atoms with Gasteiger partial charge in [0.05, 0.1) is 16.4 Å². The molecule has 1 N–H and O–H groups in total. The van der Waals surface area contributed by atoms with Gasteiger partial charge in [0.2, 0.25) is 0 Å². The monoisotopic (exact) mass is 638 g/mol. The molecule has 1 heterocycles. The zero-order chi connectivity index (χ0) is 25.1. The van der Waals surface area contributed by atoms with Crippen LogP contribution >= 0.6 is 58.0 Å². The molecular formula is C25H17Cl2IN2O4S. The third kappa shape index (κ3) is 5.61. The molecule has 4 rings (SSSR count). The maximum absolute atomic E-state index is 13.2. The molecule has 1 saturated heterocycles. The van der Waals surface area contributed by atoms with Gasteiger partial charge in [0.1, 0.15) is 12.2 Å². The summed E-state index contributed by atoms with van der Waals surface area (Å²) in [7, 11) is 1.52. The molecule has 3 aromatic carbocycles. The van der Waals surface area contributed by atoms with Crippen LogP contribution in [-0.4, -0.2) is 24.0 Å². The number of ether oxygens (including phenoxy) is 2. The van der Waals surface area contributed by atoms with Crippen molar-refractivity contribution >= 4 is 86.7 Å². The lowest BCUT2D eigenvalue weighted by molar-refractivity contribution is -0.122. The highest BCUT2D eigenvalue weighted by molar-refractivity contribution is 14.1. The highest BCUT2D eigenvalue weighted by atomic mass is 127. The Kier molecular flexibility index (Phi) is 7.95. The number of halogens is 3. The summed E-state index contributed by atoms with van der Waals surface area (Å²) in [6.07, 6.45) is 1.49. The minimum absolute atomic E-state index is 0.00467. The number of nitrogens with zero attached hydrogens (tertiary/aromatic N) is 1. The number of benzene rings is 3. The highest BCUT2D eigenvalue weighted by Crippen LogP contribution is 2.36. The van der Waals surface area contributed by atoms with Crippen molar-refractivity contribution in [3.05, 3.63) is 91.0 Å². The maximum atomic E-state index is 13.2. The van der Waals surface area contributed by atoms with E-state index in [0.717, 1.165) is 9.13 Å². The van der Waals surface area contributed by atoms with Gasteiger partial charge in [0, 0.05) is 15.6 Å². The largest absolute Gasteiger partial charge is 0.493 e. The van der Waals surface area contributed by atoms with Crippen LogP contribution in [0.5, 0.6) is 11.5 Å². The number of amides is 2. The summed E-state index contributed by atoms with van der Waals surface area (Å²) in [4.78, 5) is 27.1. The summed E-state index contributed by atoms with van der Waals surface area (Å²) in [5, 5.41) is 3.68. The fourth-order valence-electron chi connectivity index (χ4n) is 3.38. The first-order valence-corrected chi connectivity index (χ1v) is 12.4. The number of hydrogen-bond acceptors (Lipinski definition) is 5. The van der Waals surface area contributed by atoms with Crippen LogP contribution in [-0.2, 0) is 16.2 Å². The zero-order valence-corrected chi connectivity index (χ0v) is 22.7. The minimum atomic E-state index is -0.585. The first kappa shape index (κ1) is 25.4. The van der Waals surface area contributed by atoms with Crippen molar-refractivity contribution in [2.45, 2.75) is 6.61 Å². The lowest BCUT2D eigenvalue weighted by Gasteiger charge is -2.29. The van der Waals surface area contributed by atoms with Crippen molar-refractivity contribution < 1.29 is 19.1 Å². The molecule has 0 spiro atoms. The lowest BCUT2D eigenvalue weighted by atomic mass is 10.1. The van der Waals surface area contributed by atoms with E-state index in [-0.39, 0.29) is 17.3 Å². The van der Waals surface area contributed by atoms with Gasteiger partial charge < -0.3 is 9.47 Å². The molecule has 1 aliphatic heterocycles. The average Bonchev–Trinajstić information content (AvgIpc) is 2.83. The second-order valence-corrected chi connectivity index (χ2v) is 9.74. The molecule has 0 unspecified atom stereocenters. The highest BCUT2D eigenvalue weighted by Gasteiger charge is 2.34. The predicted octanol–water partition coefficient (Wildman–Crippen LogP) is 6.02. The Hall–Kier alpha value is -2.66. The van der Waals surface area contributed by atoms with Gasteiger partial charge in [-0.2, -0.15) is 0 Å². The van der Waals surface area contributed by atoms with Gasteiger partial charge in [-0.3, -0.25) is 19.8 Å². The van der Waals surface area contributed by atoms with Gasteiger partial charge in [0.25, 0.3) is 11.8 Å². The standard InChI is InChI=1S/C25H17Cl2IN2O4S/c1-33-21-12-14(11-20(28)22(21)34-13-15-4-2-3-5-19(15)27)10-18-23(31)29-25(35)30(24(18)32)17-8-6-16(26)7-9-17/h2-12H,13H2,1H3,(H,29,31,35)/b18-10+. The molecule has 2 amide bonds. The third-order valence-corrected chi connectivity index (χ3v) is 6.79. The number of carbonyl (C=O) groups is 2. The molecule has 0 bridgehead atoms. The van der Waals surface area contributed by atoms with Gasteiger partial charge >= 0.3 is 0 Å². The van der Waals surface area contributed by atoms with E-state index in [1.165, 1.54) is 18.1 Å². The number of carbonyl (C=O) groups excluding carboxylic acids is 2. The van der Waals surface area contributed by atoms with Crippen LogP contribution in [0.2, 0.25) is 10.0 Å². The molecule has 35 heavy (non-hydrogen) atoms. The smallest absolute Gasteiger partial charge is 0.270 e. The Morgan fingerprint density at radius 3 is 2.49 bits per heavy atom. The van der Waals surface area contributed by atoms with Crippen LogP contribution in [0.15, 0.2) is 66.2 Å². The first-order valence-electron chi connectivity index (χ1n) is 10.2. The quantitative estimate of drug-likeness (QED) is 0.155. The van der Waals surface area contributed by atoms with Crippen molar-refractivity contribution in [3.63, 3.8) is 0 Å². The summed E-state index contributed by atoms with van der Waals surface area (Å²) in [5.41, 5.74) is 1.83. The van der Waals surface area contributed by atoms with Crippen molar-refractivity contribution in [1.29, 1.82) is 0 Å². The molecule has 0 aromatic heterocycles. The summed E-state index contributed by atoms with van der Waals surface area (Å²) < 4.78 is 12.2. The predicted molar refractivity (Wildman–Crippen MR) is 149 cm³/mol. The molecule has 0 radical (unpaired) electrons. The van der Waals surface area contributed by atoms with Crippen LogP contribution in [0.4, 0.5) is 5.69 Å². The molecule has 1 fully saturated rings. The van der Waals surface area contributed by atoms with E-state index in [1.807, 2.05) is 18.2 Å². The van der Waals surface area contributed by atoms with Crippen molar-refractivity contribution in [2.24, 2.45) is 0 Å². The average molecular weight is 639 g/mol. The molecule has 0 aliphatic carbocycles. The summed E-state index contributed by atoms with van der Waals surface area (Å²) in [6, 6.07) is 17.5. The van der Waals surface area contributed by atoms with Gasteiger partial charge in [-0.05, 0) is 88.9 Å². The number of thiocarbonyl (C=S) groups is 1. The van der Waals surface area contributed by atoms with Gasteiger partial charge in [-0.15, -0.1) is 0 Å². The fourth-order valence-corrected chi connectivity index (χ4v) is 4.76. The summed E-state index contributed by atoms with van der Waals surface area (Å²) in [6.45, 7) is 0.251. The van der Waals surface area contributed by atoms with E-state index in [2.05, 4.69) is 27.9 Å². The normalized spacial score (nSPS) is 14.8. The van der Waals surface area contributed by atoms with E-state index < -0.39 is 11.8 Å². The second kappa shape index (κ2) is 10.9. The van der Waals surface area contributed by atoms with E-state index >= 15 is 0 Å². The Labute approximate surface area is 230 Å². The van der Waals surface area contributed by atoms with Crippen LogP contribution in [0, 0.1) is 3.57 Å². The summed E-state index contributed by atoms with van der Waals surface area (Å²) >= 11 is 19.5. The van der Waals surface area contributed by atoms with Gasteiger partial charge in [-0.1, -0.05) is 41.4 Å². The van der Waals surface area contributed by atoms with E-state index in [0.29, 0.717) is 32.8 Å². The fraction of sp³-hybridized carbons (Fsp3) is 0.0800. The van der Waals surface area contributed by atoms with Crippen molar-refractivity contribution in [3.8, 4) is 11.5 Å². The number of methoxy groups -OCH3 is 1. The molecular weight excluding hydrogens is 622 g/mol. The number of rotatable bonds is 6. The number of nitrogens with one attached hydrogen (secondary N) is 1. The minimum Gasteiger partial charge on any atom is -0.493 e. The Balaban J connectivity index is 1.64.